The molecule has 1 aliphatic rings. The average Bonchev–Trinajstić information content (AvgIpc) is 2.30. The van der Waals surface area contributed by atoms with Crippen LogP contribution in [0, 0.1) is 0 Å². The Morgan fingerprint density at radius 3 is 2.60 bits per heavy atom. The second kappa shape index (κ2) is 4.47. The van der Waals surface area contributed by atoms with Crippen LogP contribution in [0.1, 0.15) is 19.3 Å². The van der Waals surface area contributed by atoms with Gasteiger partial charge in [-0.25, -0.2) is 4.98 Å². The molecule has 0 unspecified atom stereocenters. The lowest BCUT2D eigenvalue weighted by Crippen LogP contribution is -2.31. The number of piperidine rings is 1. The first-order chi connectivity index (χ1) is 7.27. The molecule has 2 rings (SSSR count). The van der Waals surface area contributed by atoms with Gasteiger partial charge in [0.25, 0.3) is 0 Å². The van der Waals surface area contributed by atoms with Crippen molar-refractivity contribution < 1.29 is 0 Å². The Balaban J connectivity index is 2.16. The zero-order valence-corrected chi connectivity index (χ0v) is 9.48. The van der Waals surface area contributed by atoms with Gasteiger partial charge in [-0.3, -0.25) is 0 Å². The molecule has 1 aromatic rings. The second-order valence-electron chi connectivity index (χ2n) is 4.16. The van der Waals surface area contributed by atoms with Crippen LogP contribution in [0.2, 0.25) is 0 Å². The molecule has 1 aliphatic heterocycles. The third kappa shape index (κ3) is 2.37. The Bertz CT molecular complexity index is 318. The standard InChI is InChI=1S/C11H18N4/c1-14(2)10-6-7-12-11(13-10)15-8-4-3-5-9-15/h6-7H,3-5,8-9H2,1-2H3. The van der Waals surface area contributed by atoms with Crippen LogP contribution in [0.5, 0.6) is 0 Å². The fraction of sp³-hybridized carbons (Fsp3) is 0.636. The van der Waals surface area contributed by atoms with Crippen molar-refractivity contribution in [3.8, 4) is 0 Å². The average molecular weight is 206 g/mol. The van der Waals surface area contributed by atoms with Crippen LogP contribution < -0.4 is 9.80 Å². The van der Waals surface area contributed by atoms with E-state index in [2.05, 4.69) is 14.9 Å². The summed E-state index contributed by atoms with van der Waals surface area (Å²) in [4.78, 5) is 13.2. The Hall–Kier alpha value is -1.32. The van der Waals surface area contributed by atoms with Crippen LogP contribution in [0.4, 0.5) is 11.8 Å². The van der Waals surface area contributed by atoms with E-state index in [4.69, 9.17) is 0 Å². The van der Waals surface area contributed by atoms with Crippen LogP contribution >= 0.6 is 0 Å². The van der Waals surface area contributed by atoms with Gasteiger partial charge < -0.3 is 9.80 Å². The SMILES string of the molecule is CN(C)c1ccnc(N2CCCCC2)n1. The van der Waals surface area contributed by atoms with Crippen LogP contribution in [-0.4, -0.2) is 37.2 Å². The fourth-order valence-electron chi connectivity index (χ4n) is 1.83. The van der Waals surface area contributed by atoms with Crippen molar-refractivity contribution in [3.63, 3.8) is 0 Å². The predicted octanol–water partition coefficient (Wildman–Crippen LogP) is 1.53. The largest absolute Gasteiger partial charge is 0.363 e. The van der Waals surface area contributed by atoms with Gasteiger partial charge in [-0.05, 0) is 25.3 Å². The number of aromatic nitrogens is 2. The fourth-order valence-corrected chi connectivity index (χ4v) is 1.83. The van der Waals surface area contributed by atoms with Crippen molar-refractivity contribution in [2.24, 2.45) is 0 Å². The highest BCUT2D eigenvalue weighted by atomic mass is 15.3. The molecule has 0 radical (unpaired) electrons. The molecule has 0 bridgehead atoms. The molecule has 15 heavy (non-hydrogen) atoms. The quantitative estimate of drug-likeness (QED) is 0.734. The van der Waals surface area contributed by atoms with Crippen molar-refractivity contribution in [1.29, 1.82) is 0 Å². The zero-order chi connectivity index (χ0) is 10.7. The molecule has 0 saturated carbocycles. The lowest BCUT2D eigenvalue weighted by atomic mass is 10.1. The molecular formula is C11H18N4. The Morgan fingerprint density at radius 1 is 1.20 bits per heavy atom. The van der Waals surface area contributed by atoms with Gasteiger partial charge in [-0.15, -0.1) is 0 Å². The summed E-state index contributed by atoms with van der Waals surface area (Å²) >= 11 is 0. The number of anilines is 2. The normalized spacial score (nSPS) is 16.5. The molecule has 1 saturated heterocycles. The number of rotatable bonds is 2. The number of hydrogen-bond donors (Lipinski definition) is 0. The van der Waals surface area contributed by atoms with Crippen molar-refractivity contribution in [1.82, 2.24) is 9.97 Å². The summed E-state index contributed by atoms with van der Waals surface area (Å²) in [5.74, 6) is 1.85. The highest BCUT2D eigenvalue weighted by molar-refractivity contribution is 5.42. The molecule has 0 aromatic carbocycles. The van der Waals surface area contributed by atoms with E-state index in [-0.39, 0.29) is 0 Å². The van der Waals surface area contributed by atoms with Crippen molar-refractivity contribution in [3.05, 3.63) is 12.3 Å². The Morgan fingerprint density at radius 2 is 1.93 bits per heavy atom. The summed E-state index contributed by atoms with van der Waals surface area (Å²) in [6.07, 6.45) is 5.70. The van der Waals surface area contributed by atoms with E-state index in [1.54, 1.807) is 0 Å². The maximum absolute atomic E-state index is 4.54. The lowest BCUT2D eigenvalue weighted by Gasteiger charge is -2.27. The van der Waals surface area contributed by atoms with Crippen molar-refractivity contribution in [2.45, 2.75) is 19.3 Å². The van der Waals surface area contributed by atoms with Crippen LogP contribution in [-0.2, 0) is 0 Å². The summed E-state index contributed by atoms with van der Waals surface area (Å²) < 4.78 is 0. The molecule has 1 aromatic heterocycles. The molecule has 4 nitrogen and oxygen atoms in total. The van der Waals surface area contributed by atoms with Crippen molar-refractivity contribution in [2.75, 3.05) is 37.0 Å². The maximum atomic E-state index is 4.54. The smallest absolute Gasteiger partial charge is 0.227 e. The summed E-state index contributed by atoms with van der Waals surface area (Å²) in [5.41, 5.74) is 0. The van der Waals surface area contributed by atoms with Gasteiger partial charge in [-0.2, -0.15) is 4.98 Å². The monoisotopic (exact) mass is 206 g/mol. The van der Waals surface area contributed by atoms with Gasteiger partial charge >= 0.3 is 0 Å². The molecule has 0 spiro atoms. The minimum atomic E-state index is 0.876. The van der Waals surface area contributed by atoms with Gasteiger partial charge in [0.2, 0.25) is 5.95 Å². The second-order valence-corrected chi connectivity index (χ2v) is 4.16. The third-order valence-corrected chi connectivity index (χ3v) is 2.73. The van der Waals surface area contributed by atoms with E-state index < -0.39 is 0 Å². The van der Waals surface area contributed by atoms with E-state index in [0.717, 1.165) is 24.9 Å². The van der Waals surface area contributed by atoms with Gasteiger partial charge in [0.05, 0.1) is 0 Å². The number of nitrogens with zero attached hydrogens (tertiary/aromatic N) is 4. The highest BCUT2D eigenvalue weighted by Crippen LogP contribution is 2.17. The van der Waals surface area contributed by atoms with E-state index in [0.29, 0.717) is 0 Å². The minimum Gasteiger partial charge on any atom is -0.363 e. The maximum Gasteiger partial charge on any atom is 0.227 e. The Labute approximate surface area is 90.9 Å². The number of hydrogen-bond acceptors (Lipinski definition) is 4. The van der Waals surface area contributed by atoms with Gasteiger partial charge in [0.1, 0.15) is 5.82 Å². The topological polar surface area (TPSA) is 32.3 Å². The van der Waals surface area contributed by atoms with Gasteiger partial charge in [-0.1, -0.05) is 0 Å². The van der Waals surface area contributed by atoms with E-state index in [9.17, 15) is 0 Å². The van der Waals surface area contributed by atoms with Crippen LogP contribution in [0.15, 0.2) is 12.3 Å². The molecule has 2 heterocycles. The first kappa shape index (κ1) is 10.2. The van der Waals surface area contributed by atoms with Crippen molar-refractivity contribution >= 4 is 11.8 Å². The minimum absolute atomic E-state index is 0.876. The van der Waals surface area contributed by atoms with Crippen LogP contribution in [0.3, 0.4) is 0 Å². The summed E-state index contributed by atoms with van der Waals surface area (Å²) in [6.45, 7) is 2.19. The third-order valence-electron chi connectivity index (χ3n) is 2.73. The van der Waals surface area contributed by atoms with E-state index in [1.807, 2.05) is 31.3 Å². The lowest BCUT2D eigenvalue weighted by molar-refractivity contribution is 0.568. The summed E-state index contributed by atoms with van der Waals surface area (Å²) in [5, 5.41) is 0. The molecule has 0 atom stereocenters. The molecule has 0 N–H and O–H groups in total. The van der Waals surface area contributed by atoms with Gasteiger partial charge in [0.15, 0.2) is 0 Å². The van der Waals surface area contributed by atoms with Crippen LogP contribution in [0.25, 0.3) is 0 Å². The van der Waals surface area contributed by atoms with Gasteiger partial charge in [0, 0.05) is 33.4 Å². The first-order valence-corrected chi connectivity index (χ1v) is 5.53. The predicted molar refractivity (Wildman–Crippen MR) is 62.4 cm³/mol. The Kier molecular flexibility index (Phi) is 3.04. The molecular weight excluding hydrogens is 188 g/mol. The first-order valence-electron chi connectivity index (χ1n) is 5.53. The van der Waals surface area contributed by atoms with E-state index in [1.165, 1.54) is 19.3 Å². The summed E-state index contributed by atoms with van der Waals surface area (Å²) in [7, 11) is 4.00. The molecule has 4 heteroatoms. The van der Waals surface area contributed by atoms with E-state index >= 15 is 0 Å². The summed E-state index contributed by atoms with van der Waals surface area (Å²) in [6, 6.07) is 1.94. The highest BCUT2D eigenvalue weighted by Gasteiger charge is 2.13. The molecule has 0 aliphatic carbocycles. The molecule has 1 fully saturated rings. The zero-order valence-electron chi connectivity index (χ0n) is 9.48. The molecule has 82 valence electrons. The molecule has 0 amide bonds.